The average Bonchev–Trinajstić information content (AvgIpc) is 3.22. The van der Waals surface area contributed by atoms with Gasteiger partial charge in [-0.1, -0.05) is 29.8 Å². The first-order chi connectivity index (χ1) is 11.2. The fourth-order valence-electron chi connectivity index (χ4n) is 2.04. The van der Waals surface area contributed by atoms with Crippen LogP contribution in [0.5, 0.6) is 0 Å². The van der Waals surface area contributed by atoms with Crippen LogP contribution in [-0.4, -0.2) is 16.0 Å². The van der Waals surface area contributed by atoms with Crippen LogP contribution in [0.3, 0.4) is 0 Å². The number of aryl methyl sites for hydroxylation is 1. The van der Waals surface area contributed by atoms with Crippen molar-refractivity contribution in [1.82, 2.24) is 15.5 Å². The van der Waals surface area contributed by atoms with E-state index in [1.54, 1.807) is 11.3 Å². The molecule has 0 unspecified atom stereocenters. The lowest BCUT2D eigenvalue weighted by Crippen LogP contribution is -2.20. The molecular formula is C17H17N3O2S. The zero-order valence-electron chi connectivity index (χ0n) is 13.0. The highest BCUT2D eigenvalue weighted by Gasteiger charge is 2.12. The molecule has 2 heterocycles. The molecule has 3 rings (SSSR count). The zero-order chi connectivity index (χ0) is 16.2. The minimum atomic E-state index is 0.0427. The second-order valence-electron chi connectivity index (χ2n) is 5.19. The van der Waals surface area contributed by atoms with Crippen LogP contribution in [0.4, 0.5) is 0 Å². The van der Waals surface area contributed by atoms with E-state index in [2.05, 4.69) is 15.5 Å². The normalized spacial score (nSPS) is 10.7. The molecular weight excluding hydrogens is 310 g/mol. The average molecular weight is 327 g/mol. The number of carbonyl (C=O) groups excluding carboxylic acids is 1. The van der Waals surface area contributed by atoms with Gasteiger partial charge in [-0.25, -0.2) is 0 Å². The number of thiophene rings is 1. The maximum atomic E-state index is 11.3. The molecule has 1 N–H and O–H groups in total. The Labute approximate surface area is 138 Å². The monoisotopic (exact) mass is 327 g/mol. The summed E-state index contributed by atoms with van der Waals surface area (Å²) in [6, 6.07) is 11.9. The Kier molecular flexibility index (Phi) is 4.52. The highest BCUT2D eigenvalue weighted by Crippen LogP contribution is 2.28. The van der Waals surface area contributed by atoms with E-state index >= 15 is 0 Å². The van der Waals surface area contributed by atoms with Crippen molar-refractivity contribution < 1.29 is 9.32 Å². The third kappa shape index (κ3) is 3.65. The lowest BCUT2D eigenvalue weighted by molar-refractivity contribution is -0.120. The van der Waals surface area contributed by atoms with Gasteiger partial charge >= 0.3 is 0 Å². The molecule has 5 nitrogen and oxygen atoms in total. The molecule has 23 heavy (non-hydrogen) atoms. The molecule has 0 aliphatic carbocycles. The number of nitrogens with one attached hydrogen (secondary N) is 1. The first kappa shape index (κ1) is 15.4. The van der Waals surface area contributed by atoms with Gasteiger partial charge in [-0.15, -0.1) is 11.3 Å². The van der Waals surface area contributed by atoms with Gasteiger partial charge in [-0.3, -0.25) is 4.79 Å². The van der Waals surface area contributed by atoms with Gasteiger partial charge in [0.15, 0.2) is 0 Å². The van der Waals surface area contributed by atoms with Crippen LogP contribution in [0.25, 0.3) is 22.2 Å². The molecule has 0 saturated heterocycles. The molecule has 118 valence electrons. The van der Waals surface area contributed by atoms with Crippen LogP contribution in [0, 0.1) is 6.92 Å². The van der Waals surface area contributed by atoms with Crippen molar-refractivity contribution in [3.63, 3.8) is 0 Å². The van der Waals surface area contributed by atoms with E-state index in [1.165, 1.54) is 5.56 Å². The summed E-state index contributed by atoms with van der Waals surface area (Å²) in [6.45, 7) is 4.40. The van der Waals surface area contributed by atoms with Gasteiger partial charge in [0, 0.05) is 16.9 Å². The number of benzene rings is 1. The molecule has 0 spiro atoms. The van der Waals surface area contributed by atoms with Crippen molar-refractivity contribution in [1.29, 1.82) is 0 Å². The quantitative estimate of drug-likeness (QED) is 0.774. The maximum Gasteiger partial charge on any atom is 0.258 e. The number of nitrogens with zero attached hydrogens (tertiary/aromatic N) is 2. The summed E-state index contributed by atoms with van der Waals surface area (Å²) in [7, 11) is 0. The highest BCUT2D eigenvalue weighted by atomic mass is 32.1. The first-order valence-electron chi connectivity index (χ1n) is 7.42. The number of amides is 1. The Hall–Kier alpha value is -2.47. The van der Waals surface area contributed by atoms with Crippen LogP contribution in [0.1, 0.15) is 23.8 Å². The van der Waals surface area contributed by atoms with Crippen molar-refractivity contribution in [3.05, 3.63) is 46.8 Å². The second kappa shape index (κ2) is 6.75. The Morgan fingerprint density at radius 3 is 2.74 bits per heavy atom. The largest absolute Gasteiger partial charge is 0.351 e. The molecule has 0 fully saturated rings. The summed E-state index contributed by atoms with van der Waals surface area (Å²) in [5.74, 6) is 1.12. The van der Waals surface area contributed by atoms with Gasteiger partial charge in [0.2, 0.25) is 11.7 Å². The Balaban J connectivity index is 1.74. The zero-order valence-corrected chi connectivity index (χ0v) is 13.8. The molecule has 0 radical (unpaired) electrons. The van der Waals surface area contributed by atoms with Crippen LogP contribution >= 0.6 is 11.3 Å². The highest BCUT2D eigenvalue weighted by molar-refractivity contribution is 7.15. The molecule has 0 aliphatic rings. The van der Waals surface area contributed by atoms with Crippen molar-refractivity contribution in [2.75, 3.05) is 0 Å². The van der Waals surface area contributed by atoms with E-state index in [9.17, 15) is 4.79 Å². The van der Waals surface area contributed by atoms with E-state index in [0.717, 1.165) is 15.3 Å². The molecule has 0 saturated carbocycles. The molecule has 2 aromatic heterocycles. The van der Waals surface area contributed by atoms with Crippen LogP contribution in [-0.2, 0) is 11.3 Å². The van der Waals surface area contributed by atoms with Crippen LogP contribution in [0.2, 0.25) is 0 Å². The molecule has 0 bridgehead atoms. The first-order valence-corrected chi connectivity index (χ1v) is 8.24. The topological polar surface area (TPSA) is 68.0 Å². The van der Waals surface area contributed by atoms with Crippen molar-refractivity contribution in [3.8, 4) is 22.2 Å². The fraction of sp³-hybridized carbons (Fsp3) is 0.235. The number of aromatic nitrogens is 2. The second-order valence-corrected chi connectivity index (χ2v) is 6.35. The number of carbonyl (C=O) groups is 1. The van der Waals surface area contributed by atoms with Gasteiger partial charge < -0.3 is 9.84 Å². The van der Waals surface area contributed by atoms with E-state index < -0.39 is 0 Å². The Morgan fingerprint density at radius 1 is 1.22 bits per heavy atom. The molecule has 3 aromatic rings. The molecule has 1 aromatic carbocycles. The lowest BCUT2D eigenvalue weighted by atomic mass is 10.1. The van der Waals surface area contributed by atoms with Gasteiger partial charge in [-0.2, -0.15) is 4.98 Å². The maximum absolute atomic E-state index is 11.3. The minimum Gasteiger partial charge on any atom is -0.351 e. The van der Waals surface area contributed by atoms with Gasteiger partial charge in [0.05, 0.1) is 11.4 Å². The third-order valence-corrected chi connectivity index (χ3v) is 4.47. The van der Waals surface area contributed by atoms with Crippen molar-refractivity contribution in [2.24, 2.45) is 0 Å². The molecule has 0 aliphatic heterocycles. The van der Waals surface area contributed by atoms with Crippen molar-refractivity contribution >= 4 is 17.2 Å². The minimum absolute atomic E-state index is 0.0427. The summed E-state index contributed by atoms with van der Waals surface area (Å²) in [5, 5.41) is 6.90. The SMILES string of the molecule is CCC(=O)NCc1ccc(-c2noc(-c3ccc(C)cc3)n2)s1. The number of rotatable bonds is 5. The predicted octanol–water partition coefficient (Wildman–Crippen LogP) is 3.80. The van der Waals surface area contributed by atoms with Crippen molar-refractivity contribution in [2.45, 2.75) is 26.8 Å². The standard InChI is InChI=1S/C17H17N3O2S/c1-3-15(21)18-10-13-8-9-14(23-13)16-19-17(22-20-16)12-6-4-11(2)5-7-12/h4-9H,3,10H2,1-2H3,(H,18,21). The van der Waals surface area contributed by atoms with E-state index in [1.807, 2.05) is 50.2 Å². The third-order valence-electron chi connectivity index (χ3n) is 3.39. The predicted molar refractivity (Wildman–Crippen MR) is 89.9 cm³/mol. The molecule has 6 heteroatoms. The van der Waals surface area contributed by atoms with Crippen LogP contribution in [0.15, 0.2) is 40.9 Å². The fourth-order valence-corrected chi connectivity index (χ4v) is 2.91. The van der Waals surface area contributed by atoms with Gasteiger partial charge in [-0.05, 0) is 31.2 Å². The van der Waals surface area contributed by atoms with E-state index in [4.69, 9.17) is 4.52 Å². The summed E-state index contributed by atoms with van der Waals surface area (Å²) < 4.78 is 5.35. The Bertz CT molecular complexity index is 805. The Morgan fingerprint density at radius 2 is 2.00 bits per heavy atom. The summed E-state index contributed by atoms with van der Waals surface area (Å²) in [6.07, 6.45) is 0.489. The summed E-state index contributed by atoms with van der Waals surface area (Å²) in [5.41, 5.74) is 2.09. The molecule has 0 atom stereocenters. The van der Waals surface area contributed by atoms with Gasteiger partial charge in [0.1, 0.15) is 0 Å². The molecule has 1 amide bonds. The summed E-state index contributed by atoms with van der Waals surface area (Å²) in [4.78, 5) is 17.7. The van der Waals surface area contributed by atoms with E-state index in [0.29, 0.717) is 24.7 Å². The van der Waals surface area contributed by atoms with Crippen LogP contribution < -0.4 is 5.32 Å². The lowest BCUT2D eigenvalue weighted by Gasteiger charge is -1.99. The summed E-state index contributed by atoms with van der Waals surface area (Å²) >= 11 is 1.55. The van der Waals surface area contributed by atoms with E-state index in [-0.39, 0.29) is 5.91 Å². The van der Waals surface area contributed by atoms with Gasteiger partial charge in [0.25, 0.3) is 5.89 Å². The smallest absolute Gasteiger partial charge is 0.258 e. The number of hydrogen-bond acceptors (Lipinski definition) is 5. The number of hydrogen-bond donors (Lipinski definition) is 1.